The van der Waals surface area contributed by atoms with Crippen molar-refractivity contribution in [1.82, 2.24) is 15.2 Å². The zero-order valence-electron chi connectivity index (χ0n) is 17.5. The maximum absolute atomic E-state index is 12.7. The number of carbonyl (C=O) groups is 3. The Hall–Kier alpha value is -3.95. The third-order valence-electron chi connectivity index (χ3n) is 5.27. The van der Waals surface area contributed by atoms with E-state index >= 15 is 0 Å². The summed E-state index contributed by atoms with van der Waals surface area (Å²) >= 11 is 0. The molecule has 3 rings (SSSR count). The second-order valence-electron chi connectivity index (χ2n) is 7.52. The molecular formula is C22H25N5O5. The Morgan fingerprint density at radius 3 is 2.75 bits per heavy atom. The minimum Gasteiger partial charge on any atom is -0.481 e. The summed E-state index contributed by atoms with van der Waals surface area (Å²) in [4.78, 5) is 41.8. The van der Waals surface area contributed by atoms with Crippen LogP contribution < -0.4 is 11.2 Å². The quantitative estimate of drug-likeness (QED) is 0.324. The molecule has 1 saturated heterocycles. The highest BCUT2D eigenvalue weighted by Crippen LogP contribution is 2.32. The van der Waals surface area contributed by atoms with E-state index in [0.717, 1.165) is 11.1 Å². The van der Waals surface area contributed by atoms with Gasteiger partial charge in [-0.25, -0.2) is 4.79 Å². The fourth-order valence-corrected chi connectivity index (χ4v) is 3.65. The van der Waals surface area contributed by atoms with Crippen molar-refractivity contribution in [2.45, 2.75) is 37.5 Å². The number of nitrogens with zero attached hydrogens (tertiary/aromatic N) is 3. The van der Waals surface area contributed by atoms with Crippen LogP contribution in [0, 0.1) is 0 Å². The lowest BCUT2D eigenvalue weighted by Gasteiger charge is -2.37. The highest BCUT2D eigenvalue weighted by Gasteiger charge is 2.35. The summed E-state index contributed by atoms with van der Waals surface area (Å²) in [7, 11) is 1.64. The van der Waals surface area contributed by atoms with Gasteiger partial charge in [0.15, 0.2) is 0 Å². The number of aliphatic carboxylic acids is 1. The van der Waals surface area contributed by atoms with E-state index in [-0.39, 0.29) is 18.9 Å². The number of nitrogens with two attached hydrogens (primary N) is 1. The van der Waals surface area contributed by atoms with Crippen molar-refractivity contribution < 1.29 is 24.2 Å². The summed E-state index contributed by atoms with van der Waals surface area (Å²) in [5.41, 5.74) is 2.30. The van der Waals surface area contributed by atoms with Gasteiger partial charge in [0, 0.05) is 25.9 Å². The van der Waals surface area contributed by atoms with Gasteiger partial charge >= 0.3 is 12.1 Å². The van der Waals surface area contributed by atoms with Crippen molar-refractivity contribution in [2.24, 2.45) is 10.9 Å². The number of nitrogens with one attached hydrogen (secondary N) is 1. The van der Waals surface area contributed by atoms with Gasteiger partial charge in [-0.2, -0.15) is 5.10 Å². The number of ether oxygens (including phenoxy) is 1. The highest BCUT2D eigenvalue weighted by atomic mass is 16.6. The molecule has 1 aliphatic rings. The first-order chi connectivity index (χ1) is 15.4. The Labute approximate surface area is 185 Å². The molecule has 1 aromatic carbocycles. The molecule has 1 fully saturated rings. The molecule has 1 aromatic heterocycles. The molecule has 0 bridgehead atoms. The molecule has 4 N–H and O–H groups in total. The molecule has 0 aliphatic carbocycles. The lowest BCUT2D eigenvalue weighted by atomic mass is 9.95. The van der Waals surface area contributed by atoms with Crippen LogP contribution in [-0.2, 0) is 14.3 Å². The molecule has 0 spiro atoms. The minimum atomic E-state index is -1.05. The van der Waals surface area contributed by atoms with E-state index in [9.17, 15) is 19.5 Å². The second kappa shape index (κ2) is 10.4. The normalized spacial score (nSPS) is 19.4. The van der Waals surface area contributed by atoms with Crippen LogP contribution in [0.2, 0.25) is 0 Å². The molecular weight excluding hydrogens is 414 g/mol. The molecule has 1 aliphatic heterocycles. The first-order valence-electron chi connectivity index (χ1n) is 10.0. The van der Waals surface area contributed by atoms with Crippen LogP contribution in [0.4, 0.5) is 4.79 Å². The molecule has 32 heavy (non-hydrogen) atoms. The van der Waals surface area contributed by atoms with E-state index in [0.29, 0.717) is 12.0 Å². The van der Waals surface area contributed by atoms with Gasteiger partial charge < -0.3 is 25.9 Å². The molecule has 0 radical (unpaired) electrons. The number of carboxylic acid groups (broad SMARTS) is 1. The maximum Gasteiger partial charge on any atom is 0.410 e. The van der Waals surface area contributed by atoms with E-state index in [1.54, 1.807) is 25.4 Å². The average molecular weight is 439 g/mol. The van der Waals surface area contributed by atoms with Gasteiger partial charge in [0.25, 0.3) is 0 Å². The standard InChI is InChI=1S/C22H25N5O5/c1-27-19(15-6-4-14(5-7-15)12-25-23)9-17(32-22(27)31)10-20(28)26-18(11-21(29)30)16-3-2-8-24-13-16/h2-8,12-13,17-19H,9-11,23H2,1H3,(H,26,28)(H,29,30)/t17-,18-,19+/m1/s1. The Balaban J connectivity index is 1.68. The second-order valence-corrected chi connectivity index (χ2v) is 7.52. The predicted molar refractivity (Wildman–Crippen MR) is 116 cm³/mol. The predicted octanol–water partition coefficient (Wildman–Crippen LogP) is 1.98. The molecule has 3 atom stereocenters. The Bertz CT molecular complexity index is 980. The number of carbonyl (C=O) groups excluding carboxylic acids is 2. The van der Waals surface area contributed by atoms with Crippen LogP contribution in [0.15, 0.2) is 53.9 Å². The van der Waals surface area contributed by atoms with Crippen molar-refractivity contribution in [3.05, 3.63) is 65.5 Å². The monoisotopic (exact) mass is 439 g/mol. The fraction of sp³-hybridized carbons (Fsp3) is 0.318. The van der Waals surface area contributed by atoms with Gasteiger partial charge in [-0.3, -0.25) is 14.6 Å². The SMILES string of the molecule is CN1C(=O)O[C@@H](CC(=O)N[C@H](CC(=O)O)c2cccnc2)C[C@H]1c1ccc(C=NN)cc1. The number of rotatable bonds is 8. The molecule has 2 aromatic rings. The molecule has 2 amide bonds. The van der Waals surface area contributed by atoms with E-state index < -0.39 is 30.1 Å². The lowest BCUT2D eigenvalue weighted by molar-refractivity contribution is -0.137. The van der Waals surface area contributed by atoms with Gasteiger partial charge in [-0.05, 0) is 22.8 Å². The van der Waals surface area contributed by atoms with Crippen LogP contribution in [0.25, 0.3) is 0 Å². The zero-order valence-corrected chi connectivity index (χ0v) is 17.5. The number of cyclic esters (lactones) is 1. The summed E-state index contributed by atoms with van der Waals surface area (Å²) in [6.07, 6.45) is 3.47. The van der Waals surface area contributed by atoms with Crippen molar-refractivity contribution in [3.8, 4) is 0 Å². The number of aromatic nitrogens is 1. The smallest absolute Gasteiger partial charge is 0.410 e. The van der Waals surface area contributed by atoms with Gasteiger partial charge in [-0.1, -0.05) is 30.3 Å². The molecule has 0 saturated carbocycles. The molecule has 2 heterocycles. The Kier molecular flexibility index (Phi) is 7.37. The van der Waals surface area contributed by atoms with Crippen molar-refractivity contribution in [3.63, 3.8) is 0 Å². The molecule has 10 heteroatoms. The molecule has 10 nitrogen and oxygen atoms in total. The van der Waals surface area contributed by atoms with Gasteiger partial charge in [0.05, 0.1) is 31.1 Å². The summed E-state index contributed by atoms with van der Waals surface area (Å²) in [5.74, 6) is 3.72. The van der Waals surface area contributed by atoms with Crippen molar-refractivity contribution in [2.75, 3.05) is 7.05 Å². The number of carboxylic acids is 1. The molecule has 0 unspecified atom stereocenters. The van der Waals surface area contributed by atoms with Gasteiger partial charge in [0.2, 0.25) is 5.91 Å². The van der Waals surface area contributed by atoms with Gasteiger partial charge in [-0.15, -0.1) is 0 Å². The van der Waals surface area contributed by atoms with E-state index in [1.807, 2.05) is 24.3 Å². The van der Waals surface area contributed by atoms with E-state index in [1.165, 1.54) is 17.3 Å². The van der Waals surface area contributed by atoms with Crippen LogP contribution in [0.5, 0.6) is 0 Å². The lowest BCUT2D eigenvalue weighted by Crippen LogP contribution is -2.44. The van der Waals surface area contributed by atoms with Crippen molar-refractivity contribution >= 4 is 24.2 Å². The van der Waals surface area contributed by atoms with Crippen LogP contribution in [0.3, 0.4) is 0 Å². The van der Waals surface area contributed by atoms with Crippen LogP contribution in [0.1, 0.15) is 48.0 Å². The Morgan fingerprint density at radius 2 is 2.12 bits per heavy atom. The largest absolute Gasteiger partial charge is 0.481 e. The summed E-state index contributed by atoms with van der Waals surface area (Å²) < 4.78 is 5.41. The number of hydrogen-bond donors (Lipinski definition) is 3. The van der Waals surface area contributed by atoms with Gasteiger partial charge in [0.1, 0.15) is 6.10 Å². The van der Waals surface area contributed by atoms with Crippen molar-refractivity contribution in [1.29, 1.82) is 0 Å². The number of amides is 2. The maximum atomic E-state index is 12.7. The third kappa shape index (κ3) is 5.81. The average Bonchev–Trinajstić information content (AvgIpc) is 2.77. The number of hydrazone groups is 1. The minimum absolute atomic E-state index is 0.0790. The zero-order chi connectivity index (χ0) is 23.1. The summed E-state index contributed by atoms with van der Waals surface area (Å²) in [6.45, 7) is 0. The fourth-order valence-electron chi connectivity index (χ4n) is 3.65. The number of pyridine rings is 1. The van der Waals surface area contributed by atoms with E-state index in [2.05, 4.69) is 15.4 Å². The van der Waals surface area contributed by atoms with Crippen LogP contribution in [-0.4, -0.2) is 52.3 Å². The first-order valence-corrected chi connectivity index (χ1v) is 10.0. The molecule has 168 valence electrons. The Morgan fingerprint density at radius 1 is 1.38 bits per heavy atom. The topological polar surface area (TPSA) is 147 Å². The van der Waals surface area contributed by atoms with E-state index in [4.69, 9.17) is 10.6 Å². The number of hydrogen-bond acceptors (Lipinski definition) is 7. The number of benzene rings is 1. The summed E-state index contributed by atoms with van der Waals surface area (Å²) in [6, 6.07) is 9.79. The van der Waals surface area contributed by atoms with Crippen LogP contribution >= 0.6 is 0 Å². The third-order valence-corrected chi connectivity index (χ3v) is 5.27. The highest BCUT2D eigenvalue weighted by molar-refractivity contribution is 5.80. The summed E-state index contributed by atoms with van der Waals surface area (Å²) in [5, 5.41) is 15.4. The first kappa shape index (κ1) is 22.7.